The fourth-order valence-corrected chi connectivity index (χ4v) is 4.11. The third-order valence-electron chi connectivity index (χ3n) is 4.75. The van der Waals surface area contributed by atoms with Gasteiger partial charge in [0.1, 0.15) is 23.1 Å². The first-order valence-electron chi connectivity index (χ1n) is 10.4. The zero-order chi connectivity index (χ0) is 27.8. The number of nitrogens with zero attached hydrogens (tertiary/aromatic N) is 3. The van der Waals surface area contributed by atoms with E-state index in [9.17, 15) is 31.5 Å². The van der Waals surface area contributed by atoms with Crippen molar-refractivity contribution >= 4 is 27.9 Å². The maximum absolute atomic E-state index is 13.0. The normalized spacial score (nSPS) is 12.0. The summed E-state index contributed by atoms with van der Waals surface area (Å²) in [5.74, 6) is -0.349. The molecule has 0 bridgehead atoms. The smallest absolute Gasteiger partial charge is 0.422 e. The van der Waals surface area contributed by atoms with Crippen molar-refractivity contribution in [1.82, 2.24) is 13.6 Å². The van der Waals surface area contributed by atoms with Crippen LogP contribution in [0, 0.1) is 0 Å². The van der Waals surface area contributed by atoms with E-state index < -0.39 is 45.5 Å². The lowest BCUT2D eigenvalue weighted by molar-refractivity contribution is -0.137. The van der Waals surface area contributed by atoms with Gasteiger partial charge in [-0.15, -0.1) is 0 Å². The van der Waals surface area contributed by atoms with Crippen LogP contribution in [0.25, 0.3) is 0 Å². The van der Waals surface area contributed by atoms with Crippen molar-refractivity contribution < 1.29 is 50.4 Å². The van der Waals surface area contributed by atoms with Gasteiger partial charge in [0.15, 0.2) is 0 Å². The first-order valence-corrected chi connectivity index (χ1v) is 12.2. The second-order valence-corrected chi connectivity index (χ2v) is 9.70. The van der Waals surface area contributed by atoms with Gasteiger partial charge in [-0.25, -0.2) is 9.78 Å². The number of pyridine rings is 1. The Bertz CT molecular complexity index is 1180. The average Bonchev–Trinajstić information content (AvgIpc) is 2.82. The van der Waals surface area contributed by atoms with Crippen LogP contribution in [0.5, 0.6) is 17.4 Å². The summed E-state index contributed by atoms with van der Waals surface area (Å²) in [7, 11) is -0.501. The number of rotatable bonds is 13. The molecule has 0 aliphatic rings. The van der Waals surface area contributed by atoms with Crippen molar-refractivity contribution in [1.29, 1.82) is 0 Å². The highest BCUT2D eigenvalue weighted by molar-refractivity contribution is 7.87. The number of carbonyl (C=O) groups is 1. The summed E-state index contributed by atoms with van der Waals surface area (Å²) < 4.78 is 86.5. The molecule has 1 amide bonds. The van der Waals surface area contributed by atoms with Crippen molar-refractivity contribution in [3.63, 3.8) is 0 Å². The van der Waals surface area contributed by atoms with Gasteiger partial charge in [-0.05, 0) is 18.2 Å². The number of hydrogen-bond donors (Lipinski definition) is 1. The fraction of sp³-hybridized carbons (Fsp3) is 0.429. The van der Waals surface area contributed by atoms with Gasteiger partial charge in [0.2, 0.25) is 5.88 Å². The third kappa shape index (κ3) is 8.33. The standard InChI is InChI=1S/C21H25ClF3N3O8S/c1-27(6-7-33-2)37(31,32)28(20(29)30)13-14-4-5-16(35-9-8-34-3)11-18(14)36-19-17(22)10-15(12-26-19)21(23,24)25/h4-5,10-12H,6-9,13H2,1-3H3,(H,29,30). The number of likely N-dealkylation sites (N-methyl/N-ethyl adjacent to an activating group) is 1. The SMILES string of the molecule is COCCOc1ccc(CN(C(=O)O)S(=O)(=O)N(C)CCOC)c(Oc2ncc(C(F)(F)F)cc2Cl)c1. The Balaban J connectivity index is 2.47. The maximum Gasteiger partial charge on any atom is 0.422 e. The van der Waals surface area contributed by atoms with Gasteiger partial charge in [0, 0.05) is 45.6 Å². The molecule has 1 aromatic heterocycles. The predicted octanol–water partition coefficient (Wildman–Crippen LogP) is 3.87. The molecule has 0 radical (unpaired) electrons. The Hall–Kier alpha value is -2.85. The van der Waals surface area contributed by atoms with E-state index in [1.165, 1.54) is 39.5 Å². The number of carboxylic acid groups (broad SMARTS) is 1. The van der Waals surface area contributed by atoms with Crippen LogP contribution in [0.2, 0.25) is 5.02 Å². The summed E-state index contributed by atoms with van der Waals surface area (Å²) in [4.78, 5) is 15.5. The van der Waals surface area contributed by atoms with E-state index in [1.807, 2.05) is 0 Å². The fourth-order valence-electron chi connectivity index (χ4n) is 2.76. The van der Waals surface area contributed by atoms with Gasteiger partial charge >= 0.3 is 22.5 Å². The molecule has 1 aromatic carbocycles. The molecule has 1 N–H and O–H groups in total. The third-order valence-corrected chi connectivity index (χ3v) is 6.83. The summed E-state index contributed by atoms with van der Waals surface area (Å²) in [5, 5.41) is 9.17. The zero-order valence-corrected chi connectivity index (χ0v) is 21.6. The van der Waals surface area contributed by atoms with Crippen LogP contribution in [-0.2, 0) is 32.4 Å². The van der Waals surface area contributed by atoms with E-state index in [1.54, 1.807) is 0 Å². The maximum atomic E-state index is 13.0. The molecule has 0 fully saturated rings. The Kier molecular flexibility index (Phi) is 10.8. The molecule has 0 saturated heterocycles. The molecular weight excluding hydrogens is 547 g/mol. The van der Waals surface area contributed by atoms with Gasteiger partial charge in [0.05, 0.1) is 25.3 Å². The van der Waals surface area contributed by atoms with E-state index in [4.69, 9.17) is 30.5 Å². The van der Waals surface area contributed by atoms with Gasteiger partial charge < -0.3 is 24.1 Å². The minimum Gasteiger partial charge on any atom is -0.491 e. The van der Waals surface area contributed by atoms with Crippen LogP contribution in [0.1, 0.15) is 11.1 Å². The number of amides is 1. The molecule has 2 aromatic rings. The highest BCUT2D eigenvalue weighted by atomic mass is 35.5. The van der Waals surface area contributed by atoms with E-state index in [-0.39, 0.29) is 47.7 Å². The summed E-state index contributed by atoms with van der Waals surface area (Å²) in [5.41, 5.74) is -1.08. The molecule has 0 aliphatic heterocycles. The number of ether oxygens (including phenoxy) is 4. The Labute approximate surface area is 216 Å². The Morgan fingerprint density at radius 1 is 1.14 bits per heavy atom. The van der Waals surface area contributed by atoms with E-state index >= 15 is 0 Å². The first kappa shape index (κ1) is 30.4. The molecule has 37 heavy (non-hydrogen) atoms. The molecule has 1 heterocycles. The molecule has 0 spiro atoms. The van der Waals surface area contributed by atoms with Crippen molar-refractivity contribution in [3.05, 3.63) is 46.6 Å². The Morgan fingerprint density at radius 2 is 1.81 bits per heavy atom. The van der Waals surface area contributed by atoms with Gasteiger partial charge in [-0.2, -0.15) is 30.2 Å². The average molecular weight is 572 g/mol. The number of benzene rings is 1. The van der Waals surface area contributed by atoms with E-state index in [2.05, 4.69) is 4.98 Å². The van der Waals surface area contributed by atoms with Crippen LogP contribution in [-0.4, -0.2) is 80.8 Å². The number of halogens is 4. The topological polar surface area (TPSA) is 128 Å². The lowest BCUT2D eigenvalue weighted by Gasteiger charge is -2.26. The summed E-state index contributed by atoms with van der Waals surface area (Å²) in [6.07, 6.45) is -5.96. The monoisotopic (exact) mass is 571 g/mol. The molecule has 0 atom stereocenters. The van der Waals surface area contributed by atoms with Gasteiger partial charge in [-0.1, -0.05) is 11.6 Å². The molecule has 2 rings (SSSR count). The van der Waals surface area contributed by atoms with Crippen LogP contribution in [0.3, 0.4) is 0 Å². The molecule has 16 heteroatoms. The number of aromatic nitrogens is 1. The molecule has 0 aliphatic carbocycles. The molecule has 0 unspecified atom stereocenters. The number of alkyl halides is 3. The second-order valence-electron chi connectivity index (χ2n) is 7.33. The van der Waals surface area contributed by atoms with Crippen LogP contribution in [0.4, 0.5) is 18.0 Å². The lowest BCUT2D eigenvalue weighted by Crippen LogP contribution is -2.45. The number of hydrogen-bond acceptors (Lipinski definition) is 8. The molecule has 0 saturated carbocycles. The largest absolute Gasteiger partial charge is 0.491 e. The Morgan fingerprint density at radius 3 is 2.38 bits per heavy atom. The van der Waals surface area contributed by atoms with Crippen molar-refractivity contribution in [2.24, 2.45) is 0 Å². The van der Waals surface area contributed by atoms with E-state index in [0.29, 0.717) is 12.3 Å². The highest BCUT2D eigenvalue weighted by Gasteiger charge is 2.33. The van der Waals surface area contributed by atoms with Gasteiger partial charge in [-0.3, -0.25) is 0 Å². The van der Waals surface area contributed by atoms with Crippen molar-refractivity contribution in [3.8, 4) is 17.4 Å². The molecule has 206 valence electrons. The highest BCUT2D eigenvalue weighted by Crippen LogP contribution is 2.37. The van der Waals surface area contributed by atoms with Gasteiger partial charge in [0.25, 0.3) is 0 Å². The predicted molar refractivity (Wildman–Crippen MR) is 125 cm³/mol. The van der Waals surface area contributed by atoms with E-state index in [0.717, 1.165) is 4.31 Å². The number of methoxy groups -OCH3 is 2. The minimum absolute atomic E-state index is 0.0170. The summed E-state index contributed by atoms with van der Waals surface area (Å²) in [6.45, 7) is -0.440. The lowest BCUT2D eigenvalue weighted by atomic mass is 10.2. The van der Waals surface area contributed by atoms with Crippen LogP contribution < -0.4 is 9.47 Å². The van der Waals surface area contributed by atoms with Crippen molar-refractivity contribution in [2.75, 3.05) is 47.6 Å². The summed E-state index contributed by atoms with van der Waals surface area (Å²) >= 11 is 5.94. The van der Waals surface area contributed by atoms with Crippen LogP contribution in [0.15, 0.2) is 30.5 Å². The zero-order valence-electron chi connectivity index (χ0n) is 20.0. The van der Waals surface area contributed by atoms with Crippen LogP contribution >= 0.6 is 11.6 Å². The molecule has 11 nitrogen and oxygen atoms in total. The molecular formula is C21H25ClF3N3O8S. The second kappa shape index (κ2) is 13.1. The van der Waals surface area contributed by atoms with Crippen molar-refractivity contribution in [2.45, 2.75) is 12.7 Å². The summed E-state index contributed by atoms with van der Waals surface area (Å²) in [6, 6.07) is 4.68. The first-order chi connectivity index (χ1) is 17.3. The minimum atomic E-state index is -4.69. The quantitative estimate of drug-likeness (QED) is 0.356.